The fourth-order valence-electron chi connectivity index (χ4n) is 2.22. The zero-order valence-corrected chi connectivity index (χ0v) is 13.4. The second kappa shape index (κ2) is 8.06. The molecule has 0 aliphatic rings. The van der Waals surface area contributed by atoms with Gasteiger partial charge in [-0.05, 0) is 48.4 Å². The molecule has 0 saturated heterocycles. The number of unbranched alkanes of at least 4 members (excludes halogenated alkanes) is 3. The van der Waals surface area contributed by atoms with E-state index in [0.29, 0.717) is 0 Å². The monoisotopic (exact) mass is 284 g/mol. The Morgan fingerprint density at radius 2 is 1.80 bits per heavy atom. The lowest BCUT2D eigenvalue weighted by atomic mass is 10.1. The first-order valence-corrected chi connectivity index (χ1v) is 8.48. The van der Waals surface area contributed by atoms with Crippen molar-refractivity contribution in [1.82, 2.24) is 0 Å². The molecule has 0 atom stereocenters. The molecule has 0 N–H and O–H groups in total. The van der Waals surface area contributed by atoms with Gasteiger partial charge in [-0.3, -0.25) is 0 Å². The Labute approximate surface area is 127 Å². The molecule has 0 aliphatic heterocycles. The summed E-state index contributed by atoms with van der Waals surface area (Å²) in [4.78, 5) is 1.36. The maximum Gasteiger partial charge on any atom is 0.0273 e. The normalized spacial score (nSPS) is 11.3. The van der Waals surface area contributed by atoms with Gasteiger partial charge >= 0.3 is 0 Å². The van der Waals surface area contributed by atoms with E-state index >= 15 is 0 Å². The number of hydrogen-bond acceptors (Lipinski definition) is 1. The summed E-state index contributed by atoms with van der Waals surface area (Å²) in [6.07, 6.45) is 11.0. The van der Waals surface area contributed by atoms with Gasteiger partial charge in [0.2, 0.25) is 0 Å². The van der Waals surface area contributed by atoms with Crippen LogP contribution in [0.4, 0.5) is 0 Å². The van der Waals surface area contributed by atoms with E-state index in [2.05, 4.69) is 61.7 Å². The van der Waals surface area contributed by atoms with Crippen LogP contribution in [0.2, 0.25) is 0 Å². The smallest absolute Gasteiger partial charge is 0.0273 e. The van der Waals surface area contributed by atoms with E-state index in [-0.39, 0.29) is 0 Å². The van der Waals surface area contributed by atoms with Crippen LogP contribution in [0.25, 0.3) is 12.2 Å². The highest BCUT2D eigenvalue weighted by Crippen LogP contribution is 2.20. The van der Waals surface area contributed by atoms with Crippen LogP contribution in [0, 0.1) is 6.92 Å². The number of rotatable bonds is 7. The van der Waals surface area contributed by atoms with E-state index in [0.717, 1.165) is 0 Å². The Morgan fingerprint density at radius 3 is 2.55 bits per heavy atom. The van der Waals surface area contributed by atoms with Gasteiger partial charge in [-0.2, -0.15) is 0 Å². The average Bonchev–Trinajstić information content (AvgIpc) is 2.91. The third kappa shape index (κ3) is 4.97. The van der Waals surface area contributed by atoms with Crippen LogP contribution < -0.4 is 0 Å². The molecule has 20 heavy (non-hydrogen) atoms. The molecule has 106 valence electrons. The second-order valence-electron chi connectivity index (χ2n) is 5.41. The SMILES string of the molecule is CCCCCCc1csc(/C=C/c2ccc(C)cc2)c1. The summed E-state index contributed by atoms with van der Waals surface area (Å²) in [5.41, 5.74) is 4.08. The van der Waals surface area contributed by atoms with E-state index in [1.165, 1.54) is 53.7 Å². The van der Waals surface area contributed by atoms with Crippen LogP contribution in [0.5, 0.6) is 0 Å². The van der Waals surface area contributed by atoms with Crippen molar-refractivity contribution in [2.75, 3.05) is 0 Å². The van der Waals surface area contributed by atoms with Gasteiger partial charge in [-0.15, -0.1) is 11.3 Å². The zero-order valence-electron chi connectivity index (χ0n) is 12.6. The second-order valence-corrected chi connectivity index (χ2v) is 6.35. The van der Waals surface area contributed by atoms with Gasteiger partial charge in [-0.25, -0.2) is 0 Å². The van der Waals surface area contributed by atoms with Crippen LogP contribution >= 0.6 is 11.3 Å². The summed E-state index contributed by atoms with van der Waals surface area (Å²) >= 11 is 1.85. The number of thiophene rings is 1. The molecule has 2 aromatic rings. The van der Waals surface area contributed by atoms with Gasteiger partial charge in [0.15, 0.2) is 0 Å². The molecule has 0 bridgehead atoms. The average molecular weight is 284 g/mol. The molecule has 0 radical (unpaired) electrons. The Hall–Kier alpha value is -1.34. The fourth-order valence-corrected chi connectivity index (χ4v) is 3.06. The first kappa shape index (κ1) is 15.1. The predicted octanol–water partition coefficient (Wildman–Crippen LogP) is 6.35. The van der Waals surface area contributed by atoms with Gasteiger partial charge in [0.1, 0.15) is 0 Å². The van der Waals surface area contributed by atoms with Crippen LogP contribution in [0.15, 0.2) is 35.7 Å². The summed E-state index contributed by atoms with van der Waals surface area (Å²) in [6.45, 7) is 4.39. The summed E-state index contributed by atoms with van der Waals surface area (Å²) in [7, 11) is 0. The Kier molecular flexibility index (Phi) is 6.07. The van der Waals surface area contributed by atoms with E-state index in [4.69, 9.17) is 0 Å². The van der Waals surface area contributed by atoms with E-state index in [1.54, 1.807) is 0 Å². The zero-order chi connectivity index (χ0) is 14.2. The molecule has 1 heterocycles. The largest absolute Gasteiger partial charge is 0.144 e. The van der Waals surface area contributed by atoms with Crippen molar-refractivity contribution in [2.45, 2.75) is 46.0 Å². The van der Waals surface area contributed by atoms with Crippen molar-refractivity contribution >= 4 is 23.5 Å². The van der Waals surface area contributed by atoms with Crippen LogP contribution in [0.3, 0.4) is 0 Å². The number of hydrogen-bond donors (Lipinski definition) is 0. The van der Waals surface area contributed by atoms with Crippen LogP contribution in [0.1, 0.15) is 54.2 Å². The quantitative estimate of drug-likeness (QED) is 0.520. The van der Waals surface area contributed by atoms with E-state index in [1.807, 2.05) is 11.3 Å². The molecule has 0 aliphatic carbocycles. The molecule has 1 heteroatoms. The lowest BCUT2D eigenvalue weighted by Gasteiger charge is -1.96. The van der Waals surface area contributed by atoms with E-state index in [9.17, 15) is 0 Å². The molecule has 0 fully saturated rings. The maximum atomic E-state index is 2.33. The molecule has 0 unspecified atom stereocenters. The molecule has 0 spiro atoms. The topological polar surface area (TPSA) is 0 Å². The Morgan fingerprint density at radius 1 is 1.00 bits per heavy atom. The van der Waals surface area contributed by atoms with Crippen molar-refractivity contribution < 1.29 is 0 Å². The summed E-state index contributed by atoms with van der Waals surface area (Å²) in [5.74, 6) is 0. The highest BCUT2D eigenvalue weighted by molar-refractivity contribution is 7.11. The maximum absolute atomic E-state index is 2.33. The number of aryl methyl sites for hydroxylation is 2. The molecule has 0 nitrogen and oxygen atoms in total. The molecule has 1 aromatic heterocycles. The Balaban J connectivity index is 1.87. The first-order chi connectivity index (χ1) is 9.78. The summed E-state index contributed by atoms with van der Waals surface area (Å²) in [5, 5.41) is 2.31. The van der Waals surface area contributed by atoms with Crippen molar-refractivity contribution in [2.24, 2.45) is 0 Å². The molecule has 0 amide bonds. The van der Waals surface area contributed by atoms with Crippen LogP contribution in [-0.2, 0) is 6.42 Å². The highest BCUT2D eigenvalue weighted by Gasteiger charge is 1.97. The van der Waals surface area contributed by atoms with Crippen molar-refractivity contribution in [3.63, 3.8) is 0 Å². The third-order valence-corrected chi connectivity index (χ3v) is 4.46. The van der Waals surface area contributed by atoms with Crippen LogP contribution in [-0.4, -0.2) is 0 Å². The summed E-state index contributed by atoms with van der Waals surface area (Å²) < 4.78 is 0. The van der Waals surface area contributed by atoms with Gasteiger partial charge in [0, 0.05) is 4.88 Å². The fraction of sp³-hybridized carbons (Fsp3) is 0.368. The summed E-state index contributed by atoms with van der Waals surface area (Å²) in [6, 6.07) is 11.0. The van der Waals surface area contributed by atoms with Gasteiger partial charge < -0.3 is 0 Å². The van der Waals surface area contributed by atoms with Crippen molar-refractivity contribution in [3.8, 4) is 0 Å². The van der Waals surface area contributed by atoms with Gasteiger partial charge in [0.05, 0.1) is 0 Å². The molecular formula is C19H24S. The minimum atomic E-state index is 1.23. The lowest BCUT2D eigenvalue weighted by molar-refractivity contribution is 0.667. The molecule has 1 aromatic carbocycles. The van der Waals surface area contributed by atoms with Crippen molar-refractivity contribution in [1.29, 1.82) is 0 Å². The molecular weight excluding hydrogens is 260 g/mol. The standard InChI is InChI=1S/C19H24S/c1-3-4-5-6-7-18-14-19(20-15-18)13-12-17-10-8-16(2)9-11-17/h8-15H,3-7H2,1-2H3/b13-12+. The first-order valence-electron chi connectivity index (χ1n) is 7.60. The van der Waals surface area contributed by atoms with E-state index < -0.39 is 0 Å². The third-order valence-electron chi connectivity index (χ3n) is 3.51. The number of benzene rings is 1. The van der Waals surface area contributed by atoms with Gasteiger partial charge in [-0.1, -0.05) is 62.1 Å². The minimum Gasteiger partial charge on any atom is -0.144 e. The minimum absolute atomic E-state index is 1.23. The highest BCUT2D eigenvalue weighted by atomic mass is 32.1. The van der Waals surface area contributed by atoms with Gasteiger partial charge in [0.25, 0.3) is 0 Å². The van der Waals surface area contributed by atoms with Crippen molar-refractivity contribution in [3.05, 3.63) is 57.3 Å². The predicted molar refractivity (Wildman–Crippen MR) is 92.3 cm³/mol. The molecule has 2 rings (SSSR count). The Bertz CT molecular complexity index is 531. The molecule has 0 saturated carbocycles. The lowest BCUT2D eigenvalue weighted by Crippen LogP contribution is -1.82.